The van der Waals surface area contributed by atoms with E-state index in [1.807, 2.05) is 36.4 Å². The molecule has 0 aliphatic rings. The van der Waals surface area contributed by atoms with E-state index in [0.717, 1.165) is 27.4 Å². The van der Waals surface area contributed by atoms with Gasteiger partial charge in [-0.15, -0.1) is 0 Å². The molecule has 1 aromatic heterocycles. The van der Waals surface area contributed by atoms with Crippen LogP contribution in [0, 0.1) is 0 Å². The maximum Gasteiger partial charge on any atom is 0.251 e. The first-order chi connectivity index (χ1) is 13.5. The maximum absolute atomic E-state index is 12.6. The summed E-state index contributed by atoms with van der Waals surface area (Å²) in [7, 11) is -3.21. The van der Waals surface area contributed by atoms with Gasteiger partial charge in [-0.1, -0.05) is 37.3 Å². The highest BCUT2D eigenvalue weighted by molar-refractivity contribution is 7.91. The van der Waals surface area contributed by atoms with E-state index in [-0.39, 0.29) is 11.7 Å². The second-order valence-corrected chi connectivity index (χ2v) is 8.94. The zero-order valence-electron chi connectivity index (χ0n) is 15.4. The van der Waals surface area contributed by atoms with Crippen molar-refractivity contribution in [3.05, 3.63) is 77.9 Å². The van der Waals surface area contributed by atoms with E-state index in [2.05, 4.69) is 10.3 Å². The third-order valence-electron chi connectivity index (χ3n) is 4.88. The second kappa shape index (κ2) is 7.13. The molecular formula is C22H20N2O3S. The number of hydrogen-bond donors (Lipinski definition) is 2. The monoisotopic (exact) mass is 392 g/mol. The van der Waals surface area contributed by atoms with Crippen molar-refractivity contribution in [3.63, 3.8) is 0 Å². The molecule has 0 saturated carbocycles. The molecule has 0 atom stereocenters. The van der Waals surface area contributed by atoms with Crippen molar-refractivity contribution < 1.29 is 13.2 Å². The van der Waals surface area contributed by atoms with Crippen LogP contribution in [0.2, 0.25) is 0 Å². The van der Waals surface area contributed by atoms with Crippen LogP contribution in [0.3, 0.4) is 0 Å². The number of carbonyl (C=O) groups is 1. The molecule has 1 amide bonds. The van der Waals surface area contributed by atoms with Gasteiger partial charge in [0.15, 0.2) is 9.84 Å². The zero-order chi connectivity index (χ0) is 19.7. The highest BCUT2D eigenvalue weighted by Gasteiger charge is 2.12. The normalized spacial score (nSPS) is 11.8. The SMILES string of the molecule is CCS(=O)(=O)c1ccc(CNC(=O)c2ccc3[nH]c4ccccc4c3c2)cc1. The first-order valence-corrected chi connectivity index (χ1v) is 10.7. The summed E-state index contributed by atoms with van der Waals surface area (Å²) >= 11 is 0. The lowest BCUT2D eigenvalue weighted by atomic mass is 10.1. The van der Waals surface area contributed by atoms with Crippen molar-refractivity contribution in [1.29, 1.82) is 0 Å². The standard InChI is InChI=1S/C22H20N2O3S/c1-2-28(26,27)17-10-7-15(8-11-17)14-23-22(25)16-9-12-21-19(13-16)18-5-3-4-6-20(18)24-21/h3-13,24H,2,14H2,1H3,(H,23,25). The molecule has 1 heterocycles. The van der Waals surface area contributed by atoms with Gasteiger partial charge in [-0.3, -0.25) is 4.79 Å². The summed E-state index contributed by atoms with van der Waals surface area (Å²) in [6.07, 6.45) is 0. The van der Waals surface area contributed by atoms with E-state index in [4.69, 9.17) is 0 Å². The Morgan fingerprint density at radius 2 is 1.64 bits per heavy atom. The Morgan fingerprint density at radius 1 is 0.929 bits per heavy atom. The summed E-state index contributed by atoms with van der Waals surface area (Å²) < 4.78 is 23.7. The van der Waals surface area contributed by atoms with Crippen LogP contribution in [0.4, 0.5) is 0 Å². The van der Waals surface area contributed by atoms with Crippen LogP contribution in [-0.4, -0.2) is 25.1 Å². The van der Waals surface area contributed by atoms with Gasteiger partial charge < -0.3 is 10.3 Å². The Kier molecular flexibility index (Phi) is 4.65. The van der Waals surface area contributed by atoms with Crippen LogP contribution in [0.1, 0.15) is 22.8 Å². The summed E-state index contributed by atoms with van der Waals surface area (Å²) in [4.78, 5) is 16.2. The molecule has 0 spiro atoms. The number of amides is 1. The number of nitrogens with one attached hydrogen (secondary N) is 2. The first kappa shape index (κ1) is 18.3. The van der Waals surface area contributed by atoms with Gasteiger partial charge in [-0.2, -0.15) is 0 Å². The number of aromatic nitrogens is 1. The largest absolute Gasteiger partial charge is 0.355 e. The van der Waals surface area contributed by atoms with Crippen molar-refractivity contribution in [2.75, 3.05) is 5.75 Å². The fourth-order valence-electron chi connectivity index (χ4n) is 3.26. The molecule has 28 heavy (non-hydrogen) atoms. The van der Waals surface area contributed by atoms with Crippen LogP contribution in [0.15, 0.2) is 71.6 Å². The molecule has 0 aliphatic heterocycles. The summed E-state index contributed by atoms with van der Waals surface area (Å²) in [5.41, 5.74) is 3.46. The van der Waals surface area contributed by atoms with Crippen molar-refractivity contribution in [2.45, 2.75) is 18.4 Å². The fourth-order valence-corrected chi connectivity index (χ4v) is 4.14. The Labute approximate surface area is 163 Å². The molecule has 0 bridgehead atoms. The second-order valence-electron chi connectivity index (χ2n) is 6.66. The van der Waals surface area contributed by atoms with Crippen LogP contribution < -0.4 is 5.32 Å². The Hall–Kier alpha value is -3.12. The van der Waals surface area contributed by atoms with Gasteiger partial charge in [0.2, 0.25) is 0 Å². The van der Waals surface area contributed by atoms with Gasteiger partial charge in [0, 0.05) is 33.9 Å². The number of carbonyl (C=O) groups excluding carboxylic acids is 1. The van der Waals surface area contributed by atoms with E-state index in [9.17, 15) is 13.2 Å². The van der Waals surface area contributed by atoms with Crippen LogP contribution >= 0.6 is 0 Å². The van der Waals surface area contributed by atoms with Gasteiger partial charge >= 0.3 is 0 Å². The average Bonchev–Trinajstić information content (AvgIpc) is 3.10. The first-order valence-electron chi connectivity index (χ1n) is 9.08. The topological polar surface area (TPSA) is 79.0 Å². The molecule has 0 aliphatic carbocycles. The van der Waals surface area contributed by atoms with E-state index in [1.165, 1.54) is 0 Å². The smallest absolute Gasteiger partial charge is 0.251 e. The van der Waals surface area contributed by atoms with E-state index < -0.39 is 9.84 Å². The zero-order valence-corrected chi connectivity index (χ0v) is 16.2. The predicted octanol–water partition coefficient (Wildman–Crippen LogP) is 4.04. The average molecular weight is 392 g/mol. The van der Waals surface area contributed by atoms with Crippen LogP contribution in [0.25, 0.3) is 21.8 Å². The number of rotatable bonds is 5. The van der Waals surface area contributed by atoms with E-state index in [0.29, 0.717) is 17.0 Å². The number of sulfone groups is 1. The summed E-state index contributed by atoms with van der Waals surface area (Å²) in [5, 5.41) is 4.99. The molecule has 6 heteroatoms. The Morgan fingerprint density at radius 3 is 2.39 bits per heavy atom. The molecule has 142 valence electrons. The molecule has 0 saturated heterocycles. The van der Waals surface area contributed by atoms with E-state index >= 15 is 0 Å². The van der Waals surface area contributed by atoms with Crippen molar-refractivity contribution in [3.8, 4) is 0 Å². The highest BCUT2D eigenvalue weighted by atomic mass is 32.2. The number of benzene rings is 3. The number of aromatic amines is 1. The van der Waals surface area contributed by atoms with Crippen molar-refractivity contribution in [1.82, 2.24) is 10.3 Å². The lowest BCUT2D eigenvalue weighted by Gasteiger charge is -2.07. The third-order valence-corrected chi connectivity index (χ3v) is 6.63. The number of fused-ring (bicyclic) bond motifs is 3. The highest BCUT2D eigenvalue weighted by Crippen LogP contribution is 2.26. The van der Waals surface area contributed by atoms with Crippen molar-refractivity contribution >= 4 is 37.6 Å². The minimum atomic E-state index is -3.21. The molecule has 3 aromatic carbocycles. The Balaban J connectivity index is 1.51. The molecule has 4 rings (SSSR count). The molecule has 5 nitrogen and oxygen atoms in total. The summed E-state index contributed by atoms with van der Waals surface area (Å²) in [5.74, 6) is -0.100. The van der Waals surface area contributed by atoms with Crippen LogP contribution in [-0.2, 0) is 16.4 Å². The minimum Gasteiger partial charge on any atom is -0.355 e. The molecule has 0 unspecified atom stereocenters. The molecule has 4 aromatic rings. The summed E-state index contributed by atoms with van der Waals surface area (Å²) in [6, 6.07) is 20.2. The molecule has 2 N–H and O–H groups in total. The third kappa shape index (κ3) is 3.39. The molecule has 0 fully saturated rings. The van der Waals surface area contributed by atoms with Gasteiger partial charge in [0.05, 0.1) is 10.6 Å². The molecular weight excluding hydrogens is 372 g/mol. The number of para-hydroxylation sites is 1. The van der Waals surface area contributed by atoms with Crippen LogP contribution in [0.5, 0.6) is 0 Å². The lowest BCUT2D eigenvalue weighted by molar-refractivity contribution is 0.0951. The molecule has 0 radical (unpaired) electrons. The lowest BCUT2D eigenvalue weighted by Crippen LogP contribution is -2.22. The predicted molar refractivity (Wildman–Crippen MR) is 111 cm³/mol. The number of hydrogen-bond acceptors (Lipinski definition) is 3. The fraction of sp³-hybridized carbons (Fsp3) is 0.136. The maximum atomic E-state index is 12.6. The van der Waals surface area contributed by atoms with Gasteiger partial charge in [0.1, 0.15) is 0 Å². The summed E-state index contributed by atoms with van der Waals surface area (Å²) in [6.45, 7) is 1.95. The van der Waals surface area contributed by atoms with Crippen molar-refractivity contribution in [2.24, 2.45) is 0 Å². The minimum absolute atomic E-state index is 0.0688. The quantitative estimate of drug-likeness (QED) is 0.538. The number of H-pyrrole nitrogens is 1. The van der Waals surface area contributed by atoms with E-state index in [1.54, 1.807) is 37.3 Å². The van der Waals surface area contributed by atoms with Gasteiger partial charge in [-0.25, -0.2) is 8.42 Å². The van der Waals surface area contributed by atoms with Gasteiger partial charge in [-0.05, 0) is 42.0 Å². The van der Waals surface area contributed by atoms with Gasteiger partial charge in [0.25, 0.3) is 5.91 Å². The Bertz CT molecular complexity index is 1270.